The molecule has 3 aliphatic rings. The standard InChI is InChI=1S/C24H25N5O3S2/c1-12(2)33-23-28-27-22(34-23)29-15-8-24(3,4)9-16(30)20(15)19(14(10-25)21(29)26)13-5-6-17-18(7-13)32-11-31-17/h5-7,12,19H,8-9,11,26H2,1-4H3/t19-/m1/s1. The Bertz CT molecular complexity index is 1290. The molecule has 1 aromatic carbocycles. The smallest absolute Gasteiger partial charge is 0.231 e. The first kappa shape index (κ1) is 22.7. The summed E-state index contributed by atoms with van der Waals surface area (Å²) in [5, 5.41) is 19.8. The minimum Gasteiger partial charge on any atom is -0.454 e. The van der Waals surface area contributed by atoms with Crippen LogP contribution in [0, 0.1) is 16.7 Å². The maximum atomic E-state index is 13.6. The maximum absolute atomic E-state index is 13.6. The van der Waals surface area contributed by atoms with Crippen molar-refractivity contribution in [3.05, 3.63) is 46.4 Å². The van der Waals surface area contributed by atoms with Crippen LogP contribution in [0.15, 0.2) is 45.2 Å². The average Bonchev–Trinajstić information content (AvgIpc) is 3.40. The molecule has 0 saturated carbocycles. The van der Waals surface area contributed by atoms with Gasteiger partial charge in [-0.25, -0.2) is 0 Å². The average molecular weight is 496 g/mol. The number of Topliss-reactive ketones (excluding diaryl/α,β-unsaturated/α-hetero) is 1. The molecule has 10 heteroatoms. The normalized spacial score (nSPS) is 21.2. The fourth-order valence-electron chi connectivity index (χ4n) is 4.70. The number of carbonyl (C=O) groups is 1. The van der Waals surface area contributed by atoms with Crippen molar-refractivity contribution < 1.29 is 14.3 Å². The van der Waals surface area contributed by atoms with Crippen LogP contribution >= 0.6 is 23.1 Å². The van der Waals surface area contributed by atoms with Crippen LogP contribution in [0.5, 0.6) is 11.5 Å². The molecule has 0 amide bonds. The summed E-state index contributed by atoms with van der Waals surface area (Å²) in [6.07, 6.45) is 1.02. The van der Waals surface area contributed by atoms with Gasteiger partial charge in [0.15, 0.2) is 21.6 Å². The summed E-state index contributed by atoms with van der Waals surface area (Å²) in [6, 6.07) is 7.82. The fourth-order valence-corrected chi connectivity index (χ4v) is 6.80. The lowest BCUT2D eigenvalue weighted by molar-refractivity contribution is -0.118. The van der Waals surface area contributed by atoms with Gasteiger partial charge < -0.3 is 15.2 Å². The summed E-state index contributed by atoms with van der Waals surface area (Å²) in [6.45, 7) is 8.47. The first-order valence-electron chi connectivity index (χ1n) is 11.0. The van der Waals surface area contributed by atoms with E-state index in [9.17, 15) is 10.1 Å². The summed E-state index contributed by atoms with van der Waals surface area (Å²) in [7, 11) is 0. The van der Waals surface area contributed by atoms with E-state index in [4.69, 9.17) is 15.2 Å². The number of fused-ring (bicyclic) bond motifs is 1. The number of hydrogen-bond donors (Lipinski definition) is 1. The van der Waals surface area contributed by atoms with Crippen molar-refractivity contribution in [2.24, 2.45) is 11.1 Å². The summed E-state index contributed by atoms with van der Waals surface area (Å²) in [5.74, 6) is 0.964. The Balaban J connectivity index is 1.69. The van der Waals surface area contributed by atoms with E-state index >= 15 is 0 Å². The molecule has 2 N–H and O–H groups in total. The molecule has 3 heterocycles. The molecule has 34 heavy (non-hydrogen) atoms. The van der Waals surface area contributed by atoms with Gasteiger partial charge in [0.1, 0.15) is 5.82 Å². The van der Waals surface area contributed by atoms with Crippen LogP contribution in [0.2, 0.25) is 0 Å². The number of nitrogens with zero attached hydrogens (tertiary/aromatic N) is 4. The Morgan fingerprint density at radius 3 is 2.76 bits per heavy atom. The number of rotatable bonds is 4. The Morgan fingerprint density at radius 2 is 2.03 bits per heavy atom. The molecule has 0 fully saturated rings. The number of anilines is 1. The van der Waals surface area contributed by atoms with Gasteiger partial charge in [-0.3, -0.25) is 9.69 Å². The zero-order valence-electron chi connectivity index (χ0n) is 19.4. The molecule has 0 radical (unpaired) electrons. The third kappa shape index (κ3) is 3.83. The Hall–Kier alpha value is -3.03. The number of nitrogens with two attached hydrogens (primary N) is 1. The lowest BCUT2D eigenvalue weighted by Gasteiger charge is -2.42. The summed E-state index contributed by atoms with van der Waals surface area (Å²) in [5.41, 5.74) is 8.90. The molecule has 1 atom stereocenters. The van der Waals surface area contributed by atoms with Gasteiger partial charge in [0.05, 0.1) is 17.6 Å². The van der Waals surface area contributed by atoms with Crippen molar-refractivity contribution >= 4 is 34.0 Å². The Kier molecular flexibility index (Phi) is 5.57. The van der Waals surface area contributed by atoms with E-state index in [1.807, 2.05) is 18.2 Å². The van der Waals surface area contributed by atoms with Crippen molar-refractivity contribution in [3.63, 3.8) is 0 Å². The van der Waals surface area contributed by atoms with E-state index in [1.165, 1.54) is 11.3 Å². The number of hydrogen-bond acceptors (Lipinski definition) is 10. The van der Waals surface area contributed by atoms with E-state index < -0.39 is 5.92 Å². The second-order valence-corrected chi connectivity index (χ2v) is 12.4. The van der Waals surface area contributed by atoms with E-state index in [2.05, 4.69) is 44.0 Å². The van der Waals surface area contributed by atoms with Crippen molar-refractivity contribution in [1.29, 1.82) is 5.26 Å². The molecule has 8 nitrogen and oxygen atoms in total. The van der Waals surface area contributed by atoms with Crippen LogP contribution < -0.4 is 20.1 Å². The second kappa shape index (κ2) is 8.32. The van der Waals surface area contributed by atoms with Crippen LogP contribution in [0.1, 0.15) is 52.0 Å². The number of ether oxygens (including phenoxy) is 2. The lowest BCUT2D eigenvalue weighted by atomic mass is 9.68. The number of carbonyl (C=O) groups excluding carboxylic acids is 1. The quantitative estimate of drug-likeness (QED) is 0.602. The number of ketones is 1. The summed E-state index contributed by atoms with van der Waals surface area (Å²) >= 11 is 3.03. The van der Waals surface area contributed by atoms with Crippen LogP contribution in [0.25, 0.3) is 0 Å². The highest BCUT2D eigenvalue weighted by molar-refractivity contribution is 8.01. The molecule has 0 unspecified atom stereocenters. The van der Waals surface area contributed by atoms with Crippen molar-refractivity contribution in [2.45, 2.75) is 56.0 Å². The number of aromatic nitrogens is 2. The van der Waals surface area contributed by atoms with E-state index in [1.54, 1.807) is 16.7 Å². The summed E-state index contributed by atoms with van der Waals surface area (Å²) in [4.78, 5) is 15.4. The lowest BCUT2D eigenvalue weighted by Crippen LogP contribution is -2.42. The van der Waals surface area contributed by atoms with Crippen LogP contribution in [0.3, 0.4) is 0 Å². The highest BCUT2D eigenvalue weighted by Crippen LogP contribution is 2.51. The van der Waals surface area contributed by atoms with Gasteiger partial charge in [-0.2, -0.15) is 5.26 Å². The molecule has 0 saturated heterocycles. The highest BCUT2D eigenvalue weighted by atomic mass is 32.2. The monoisotopic (exact) mass is 495 g/mol. The van der Waals surface area contributed by atoms with Crippen LogP contribution in [-0.4, -0.2) is 28.0 Å². The van der Waals surface area contributed by atoms with Gasteiger partial charge in [0, 0.05) is 22.9 Å². The molecule has 176 valence electrons. The topological polar surface area (TPSA) is 114 Å². The second-order valence-electron chi connectivity index (χ2n) is 9.61. The van der Waals surface area contributed by atoms with E-state index in [0.29, 0.717) is 45.9 Å². The first-order chi connectivity index (χ1) is 16.2. The molecule has 2 aliphatic heterocycles. The third-order valence-corrected chi connectivity index (χ3v) is 8.03. The molecule has 1 aliphatic carbocycles. The van der Waals surface area contributed by atoms with E-state index in [-0.39, 0.29) is 23.8 Å². The van der Waals surface area contributed by atoms with Gasteiger partial charge >= 0.3 is 0 Å². The van der Waals surface area contributed by atoms with Crippen LogP contribution in [-0.2, 0) is 4.79 Å². The van der Waals surface area contributed by atoms with Crippen molar-refractivity contribution in [1.82, 2.24) is 10.2 Å². The molecular formula is C24H25N5O3S2. The molecule has 2 aromatic rings. The minimum absolute atomic E-state index is 0.0143. The number of benzene rings is 1. The van der Waals surface area contributed by atoms with Gasteiger partial charge in [-0.1, -0.05) is 56.9 Å². The summed E-state index contributed by atoms with van der Waals surface area (Å²) < 4.78 is 11.8. The number of nitriles is 1. The maximum Gasteiger partial charge on any atom is 0.231 e. The minimum atomic E-state index is -0.577. The Morgan fingerprint density at radius 1 is 1.26 bits per heavy atom. The van der Waals surface area contributed by atoms with Gasteiger partial charge in [0.25, 0.3) is 0 Å². The van der Waals surface area contributed by atoms with Crippen molar-refractivity contribution in [2.75, 3.05) is 11.7 Å². The fraction of sp³-hybridized carbons (Fsp3) is 0.417. The molecule has 0 bridgehead atoms. The molecule has 5 rings (SSSR count). The highest BCUT2D eigenvalue weighted by Gasteiger charge is 2.45. The predicted molar refractivity (Wildman–Crippen MR) is 131 cm³/mol. The van der Waals surface area contributed by atoms with Gasteiger partial charge in [0.2, 0.25) is 11.9 Å². The third-order valence-electron chi connectivity index (χ3n) is 6.03. The predicted octanol–water partition coefficient (Wildman–Crippen LogP) is 4.71. The largest absolute Gasteiger partial charge is 0.454 e. The van der Waals surface area contributed by atoms with Crippen molar-refractivity contribution in [3.8, 4) is 17.6 Å². The molecule has 1 aromatic heterocycles. The van der Waals surface area contributed by atoms with Crippen LogP contribution in [0.4, 0.5) is 5.13 Å². The van der Waals surface area contributed by atoms with Gasteiger partial charge in [-0.05, 0) is 29.5 Å². The zero-order valence-corrected chi connectivity index (χ0v) is 21.0. The zero-order chi connectivity index (χ0) is 24.2. The molecular weight excluding hydrogens is 470 g/mol. The van der Waals surface area contributed by atoms with Gasteiger partial charge in [-0.15, -0.1) is 10.2 Å². The Labute approximate surface area is 206 Å². The van der Waals surface area contributed by atoms with E-state index in [0.717, 1.165) is 15.6 Å². The first-order valence-corrected chi connectivity index (χ1v) is 12.7. The number of thioether (sulfide) groups is 1. The number of allylic oxidation sites excluding steroid dienone is 3. The molecule has 0 spiro atoms. The SMILES string of the molecule is CC(C)Sc1nnc(N2C(N)=C(C#N)[C@@H](c3ccc4c(c3)OCO4)C3=C2CC(C)(C)CC3=O)s1.